The van der Waals surface area contributed by atoms with Gasteiger partial charge in [-0.05, 0) is 55.3 Å². The van der Waals surface area contributed by atoms with Gasteiger partial charge in [0.1, 0.15) is 0 Å². The maximum absolute atomic E-state index is 12.5. The van der Waals surface area contributed by atoms with E-state index < -0.39 is 0 Å². The second kappa shape index (κ2) is 7.19. The van der Waals surface area contributed by atoms with Gasteiger partial charge in [0.25, 0.3) is 5.56 Å². The lowest BCUT2D eigenvalue weighted by Crippen LogP contribution is -2.23. The van der Waals surface area contributed by atoms with E-state index in [0.717, 1.165) is 21.3 Å². The number of anilines is 1. The summed E-state index contributed by atoms with van der Waals surface area (Å²) < 4.78 is 2.29. The summed E-state index contributed by atoms with van der Waals surface area (Å²) >= 11 is 3.36. The van der Waals surface area contributed by atoms with Crippen LogP contribution >= 0.6 is 15.9 Å². The molecular weight excluding hydrogens is 382 g/mol. The summed E-state index contributed by atoms with van der Waals surface area (Å²) in [6.45, 7) is 4.26. The highest BCUT2D eigenvalue weighted by atomic mass is 79.9. The van der Waals surface area contributed by atoms with Crippen molar-refractivity contribution >= 4 is 38.4 Å². The predicted molar refractivity (Wildman–Crippen MR) is 103 cm³/mol. The topological polar surface area (TPSA) is 64.0 Å². The van der Waals surface area contributed by atoms with E-state index in [2.05, 4.69) is 26.2 Å². The molecule has 5 nitrogen and oxygen atoms in total. The minimum Gasteiger partial charge on any atom is -0.326 e. The first-order valence-corrected chi connectivity index (χ1v) is 8.74. The summed E-state index contributed by atoms with van der Waals surface area (Å²) in [7, 11) is 0. The van der Waals surface area contributed by atoms with Gasteiger partial charge in [-0.15, -0.1) is 0 Å². The monoisotopic (exact) mass is 399 g/mol. The molecule has 2 aromatic carbocycles. The maximum atomic E-state index is 12.5. The lowest BCUT2D eigenvalue weighted by molar-refractivity contribution is -0.116. The average Bonchev–Trinajstić information content (AvgIpc) is 2.54. The quantitative estimate of drug-likeness (QED) is 0.725. The molecule has 0 unspecified atom stereocenters. The van der Waals surface area contributed by atoms with Crippen molar-refractivity contribution in [3.63, 3.8) is 0 Å². The molecule has 0 spiro atoms. The van der Waals surface area contributed by atoms with E-state index >= 15 is 0 Å². The van der Waals surface area contributed by atoms with Gasteiger partial charge >= 0.3 is 0 Å². The molecule has 1 amide bonds. The second-order valence-electron chi connectivity index (χ2n) is 6.08. The highest BCUT2D eigenvalue weighted by Crippen LogP contribution is 2.15. The van der Waals surface area contributed by atoms with Crippen LogP contribution in [0.5, 0.6) is 0 Å². The van der Waals surface area contributed by atoms with Crippen LogP contribution in [0, 0.1) is 13.8 Å². The molecule has 0 radical (unpaired) electrons. The Hall–Kier alpha value is -2.47. The third kappa shape index (κ3) is 4.14. The van der Waals surface area contributed by atoms with E-state index in [1.54, 1.807) is 12.1 Å². The van der Waals surface area contributed by atoms with Crippen LogP contribution in [-0.2, 0) is 11.3 Å². The van der Waals surface area contributed by atoms with Gasteiger partial charge in [0.2, 0.25) is 5.91 Å². The van der Waals surface area contributed by atoms with E-state index in [-0.39, 0.29) is 24.4 Å². The molecule has 1 aromatic heterocycles. The van der Waals surface area contributed by atoms with Gasteiger partial charge < -0.3 is 5.32 Å². The van der Waals surface area contributed by atoms with Gasteiger partial charge in [-0.2, -0.15) is 0 Å². The fraction of sp³-hybridized carbons (Fsp3) is 0.211. The first kappa shape index (κ1) is 17.4. The van der Waals surface area contributed by atoms with Crippen molar-refractivity contribution in [1.82, 2.24) is 9.55 Å². The van der Waals surface area contributed by atoms with Crippen LogP contribution in [0.2, 0.25) is 0 Å². The van der Waals surface area contributed by atoms with Crippen LogP contribution in [0.1, 0.15) is 17.5 Å². The molecule has 0 saturated heterocycles. The Morgan fingerprint density at radius 3 is 2.60 bits per heavy atom. The second-order valence-corrected chi connectivity index (χ2v) is 6.99. The van der Waals surface area contributed by atoms with E-state index in [4.69, 9.17) is 0 Å². The number of halogens is 1. The standard InChI is InChI=1S/C19H18BrN3O2/c1-12-7-13(2)9-15(8-12)22-18(24)5-6-23-11-21-17-4-3-14(20)10-16(17)19(23)25/h3-4,7-11H,5-6H2,1-2H3,(H,22,24). The molecule has 0 saturated carbocycles. The number of carbonyl (C=O) groups excluding carboxylic acids is 1. The number of aromatic nitrogens is 2. The fourth-order valence-electron chi connectivity index (χ4n) is 2.78. The molecule has 25 heavy (non-hydrogen) atoms. The lowest BCUT2D eigenvalue weighted by atomic mass is 10.1. The van der Waals surface area contributed by atoms with Crippen LogP contribution in [-0.4, -0.2) is 15.5 Å². The molecule has 0 atom stereocenters. The van der Waals surface area contributed by atoms with Gasteiger partial charge in [-0.1, -0.05) is 22.0 Å². The summed E-state index contributed by atoms with van der Waals surface area (Å²) in [5.74, 6) is -0.133. The molecule has 0 aliphatic carbocycles. The summed E-state index contributed by atoms with van der Waals surface area (Å²) in [5, 5.41) is 3.41. The van der Waals surface area contributed by atoms with Gasteiger partial charge in [-0.25, -0.2) is 4.98 Å². The Morgan fingerprint density at radius 1 is 1.16 bits per heavy atom. The Kier molecular flexibility index (Phi) is 4.99. The maximum Gasteiger partial charge on any atom is 0.261 e. The van der Waals surface area contributed by atoms with Crippen LogP contribution < -0.4 is 10.9 Å². The number of rotatable bonds is 4. The highest BCUT2D eigenvalue weighted by molar-refractivity contribution is 9.10. The minimum absolute atomic E-state index is 0.133. The predicted octanol–water partition coefficient (Wildman–Crippen LogP) is 3.80. The van der Waals surface area contributed by atoms with Crippen molar-refractivity contribution in [3.8, 4) is 0 Å². The number of carbonyl (C=O) groups is 1. The molecule has 1 N–H and O–H groups in total. The number of benzene rings is 2. The van der Waals surface area contributed by atoms with Crippen LogP contribution in [0.3, 0.4) is 0 Å². The Bertz CT molecular complexity index is 991. The van der Waals surface area contributed by atoms with Crippen molar-refractivity contribution in [1.29, 1.82) is 0 Å². The summed E-state index contributed by atoms with van der Waals surface area (Å²) in [6, 6.07) is 11.3. The molecular formula is C19H18BrN3O2. The zero-order valence-corrected chi connectivity index (χ0v) is 15.6. The Morgan fingerprint density at radius 2 is 1.88 bits per heavy atom. The summed E-state index contributed by atoms with van der Waals surface area (Å²) in [6.07, 6.45) is 1.69. The molecule has 0 bridgehead atoms. The molecule has 0 aliphatic heterocycles. The van der Waals surface area contributed by atoms with Gasteiger partial charge in [0.05, 0.1) is 17.2 Å². The van der Waals surface area contributed by atoms with E-state index in [9.17, 15) is 9.59 Å². The number of aryl methyl sites for hydroxylation is 3. The largest absolute Gasteiger partial charge is 0.326 e. The Labute approximate surface area is 153 Å². The van der Waals surface area contributed by atoms with Gasteiger partial charge in [-0.3, -0.25) is 14.2 Å². The summed E-state index contributed by atoms with van der Waals surface area (Å²) in [5.41, 5.74) is 3.46. The molecule has 3 rings (SSSR count). The van der Waals surface area contributed by atoms with E-state index in [1.165, 1.54) is 10.9 Å². The van der Waals surface area contributed by atoms with Gasteiger partial charge in [0.15, 0.2) is 0 Å². The number of hydrogen-bond acceptors (Lipinski definition) is 3. The molecule has 6 heteroatoms. The van der Waals surface area contributed by atoms with Crippen molar-refractivity contribution in [2.24, 2.45) is 0 Å². The van der Waals surface area contributed by atoms with Crippen LogP contribution in [0.4, 0.5) is 5.69 Å². The van der Waals surface area contributed by atoms with E-state index in [1.807, 2.05) is 38.1 Å². The first-order valence-electron chi connectivity index (χ1n) is 7.95. The average molecular weight is 400 g/mol. The molecule has 0 aliphatic rings. The normalized spacial score (nSPS) is 10.8. The minimum atomic E-state index is -0.148. The highest BCUT2D eigenvalue weighted by Gasteiger charge is 2.08. The van der Waals surface area contributed by atoms with Crippen LogP contribution in [0.25, 0.3) is 10.9 Å². The number of nitrogens with one attached hydrogen (secondary N) is 1. The number of nitrogens with zero attached hydrogens (tertiary/aromatic N) is 2. The van der Waals surface area contributed by atoms with Crippen molar-refractivity contribution in [2.45, 2.75) is 26.8 Å². The fourth-order valence-corrected chi connectivity index (χ4v) is 3.14. The molecule has 3 aromatic rings. The van der Waals surface area contributed by atoms with Crippen molar-refractivity contribution in [3.05, 3.63) is 68.7 Å². The number of hydrogen-bond donors (Lipinski definition) is 1. The van der Waals surface area contributed by atoms with Crippen LogP contribution in [0.15, 0.2) is 52.0 Å². The van der Waals surface area contributed by atoms with Crippen molar-refractivity contribution < 1.29 is 4.79 Å². The SMILES string of the molecule is Cc1cc(C)cc(NC(=O)CCn2cnc3ccc(Br)cc3c2=O)c1. The number of amides is 1. The van der Waals surface area contributed by atoms with E-state index in [0.29, 0.717) is 10.9 Å². The number of fused-ring (bicyclic) bond motifs is 1. The third-order valence-electron chi connectivity index (χ3n) is 3.87. The smallest absolute Gasteiger partial charge is 0.261 e. The summed E-state index contributed by atoms with van der Waals surface area (Å²) in [4.78, 5) is 29.0. The molecule has 128 valence electrons. The molecule has 1 heterocycles. The zero-order valence-electron chi connectivity index (χ0n) is 14.0. The first-order chi connectivity index (χ1) is 11.9. The third-order valence-corrected chi connectivity index (χ3v) is 4.36. The zero-order chi connectivity index (χ0) is 18.0. The Balaban J connectivity index is 1.73. The molecule has 0 fully saturated rings. The lowest BCUT2D eigenvalue weighted by Gasteiger charge is -2.09. The van der Waals surface area contributed by atoms with Crippen molar-refractivity contribution in [2.75, 3.05) is 5.32 Å². The van der Waals surface area contributed by atoms with Gasteiger partial charge in [0, 0.05) is 23.1 Å².